The smallest absolute Gasteiger partial charge is 0.271 e. The summed E-state index contributed by atoms with van der Waals surface area (Å²) in [6, 6.07) is 12.0. The topological polar surface area (TPSA) is 96.2 Å². The van der Waals surface area contributed by atoms with Crippen LogP contribution in [0.2, 0.25) is 0 Å². The fraction of sp³-hybridized carbons (Fsp3) is 0.133. The van der Waals surface area contributed by atoms with E-state index in [1.54, 1.807) is 17.9 Å². The number of rotatable bonds is 4. The first-order chi connectivity index (χ1) is 10.6. The molecule has 0 amide bonds. The average Bonchev–Trinajstić information content (AvgIpc) is 2.83. The van der Waals surface area contributed by atoms with E-state index < -0.39 is 4.92 Å². The van der Waals surface area contributed by atoms with Crippen LogP contribution in [0.15, 0.2) is 42.5 Å². The van der Waals surface area contributed by atoms with Crippen molar-refractivity contribution < 1.29 is 9.66 Å². The van der Waals surface area contributed by atoms with Crippen molar-refractivity contribution in [2.75, 3.05) is 12.8 Å². The molecule has 0 saturated carbocycles. The van der Waals surface area contributed by atoms with Gasteiger partial charge in [0.15, 0.2) is 0 Å². The van der Waals surface area contributed by atoms with Gasteiger partial charge in [0.2, 0.25) is 0 Å². The highest BCUT2D eigenvalue weighted by Gasteiger charge is 2.14. The summed E-state index contributed by atoms with van der Waals surface area (Å²) in [5, 5.41) is 15.9. The molecule has 7 heteroatoms. The molecule has 0 aliphatic heterocycles. The maximum Gasteiger partial charge on any atom is 0.271 e. The maximum atomic E-state index is 10.8. The van der Waals surface area contributed by atoms with Crippen LogP contribution in [0.5, 0.6) is 5.75 Å². The first kappa shape index (κ1) is 13.9. The van der Waals surface area contributed by atoms with Crippen molar-refractivity contribution in [2.45, 2.75) is 6.54 Å². The summed E-state index contributed by atoms with van der Waals surface area (Å²) in [6.07, 6.45) is 0. The Bertz CT molecular complexity index is 857. The Kier molecular flexibility index (Phi) is 3.38. The second-order valence-corrected chi connectivity index (χ2v) is 4.81. The number of methoxy groups -OCH3 is 1. The number of nitro groups is 1. The fourth-order valence-electron chi connectivity index (χ4n) is 2.37. The highest BCUT2D eigenvalue weighted by atomic mass is 16.6. The van der Waals surface area contributed by atoms with Crippen LogP contribution < -0.4 is 10.5 Å². The lowest BCUT2D eigenvalue weighted by Crippen LogP contribution is -2.06. The lowest BCUT2D eigenvalue weighted by molar-refractivity contribution is -0.384. The minimum atomic E-state index is -0.450. The first-order valence-electron chi connectivity index (χ1n) is 6.62. The predicted octanol–water partition coefficient (Wildman–Crippen LogP) is 2.58. The van der Waals surface area contributed by atoms with Crippen LogP contribution in [-0.4, -0.2) is 21.8 Å². The van der Waals surface area contributed by atoms with E-state index in [0.717, 1.165) is 11.3 Å². The van der Waals surface area contributed by atoms with E-state index in [9.17, 15) is 10.1 Å². The number of aromatic nitrogens is 2. The third-order valence-electron chi connectivity index (χ3n) is 3.49. The molecule has 2 aromatic carbocycles. The molecule has 0 spiro atoms. The minimum Gasteiger partial charge on any atom is -0.496 e. The number of hydrogen-bond donors (Lipinski definition) is 1. The number of benzene rings is 2. The number of hydrogen-bond acceptors (Lipinski definition) is 5. The Morgan fingerprint density at radius 2 is 2.09 bits per heavy atom. The van der Waals surface area contributed by atoms with E-state index in [1.165, 1.54) is 12.1 Å². The number of para-hydroxylation sites is 1. The number of nitro benzene ring substituents is 1. The zero-order chi connectivity index (χ0) is 15.7. The largest absolute Gasteiger partial charge is 0.496 e. The molecule has 1 heterocycles. The van der Waals surface area contributed by atoms with E-state index in [4.69, 9.17) is 10.5 Å². The Hall–Kier alpha value is -3.09. The molecule has 0 aliphatic carbocycles. The molecule has 3 aromatic rings. The molecule has 3 rings (SSSR count). The lowest BCUT2D eigenvalue weighted by Gasteiger charge is -2.09. The molecule has 2 N–H and O–H groups in total. The van der Waals surface area contributed by atoms with Crippen molar-refractivity contribution >= 4 is 22.4 Å². The van der Waals surface area contributed by atoms with Gasteiger partial charge in [0.05, 0.1) is 18.6 Å². The van der Waals surface area contributed by atoms with Gasteiger partial charge in [-0.05, 0) is 12.1 Å². The van der Waals surface area contributed by atoms with Gasteiger partial charge in [0.25, 0.3) is 5.69 Å². The fourth-order valence-corrected chi connectivity index (χ4v) is 2.37. The predicted molar refractivity (Wildman–Crippen MR) is 82.9 cm³/mol. The average molecular weight is 298 g/mol. The summed E-state index contributed by atoms with van der Waals surface area (Å²) in [6.45, 7) is 0.429. The van der Waals surface area contributed by atoms with E-state index in [-0.39, 0.29) is 5.69 Å². The molecule has 0 fully saturated rings. The van der Waals surface area contributed by atoms with Crippen molar-refractivity contribution in [1.29, 1.82) is 0 Å². The quantitative estimate of drug-likeness (QED) is 0.590. The van der Waals surface area contributed by atoms with Crippen LogP contribution in [0, 0.1) is 10.1 Å². The van der Waals surface area contributed by atoms with Crippen molar-refractivity contribution in [3.05, 3.63) is 58.1 Å². The van der Waals surface area contributed by atoms with Gasteiger partial charge in [-0.1, -0.05) is 18.2 Å². The van der Waals surface area contributed by atoms with E-state index in [1.807, 2.05) is 24.3 Å². The Labute approximate surface area is 126 Å². The number of nitrogens with two attached hydrogens (primary N) is 1. The molecular formula is C15H14N4O3. The molecule has 112 valence electrons. The van der Waals surface area contributed by atoms with Gasteiger partial charge in [-0.15, -0.1) is 0 Å². The number of nitrogen functional groups attached to an aromatic ring is 1. The van der Waals surface area contributed by atoms with Gasteiger partial charge in [-0.25, -0.2) is 4.68 Å². The molecular weight excluding hydrogens is 284 g/mol. The zero-order valence-corrected chi connectivity index (χ0v) is 11.9. The highest BCUT2D eigenvalue weighted by Crippen LogP contribution is 2.27. The number of fused-ring (bicyclic) bond motifs is 1. The molecule has 1 aromatic heterocycles. The summed E-state index contributed by atoms with van der Waals surface area (Å²) in [4.78, 5) is 10.4. The monoisotopic (exact) mass is 298 g/mol. The van der Waals surface area contributed by atoms with Gasteiger partial charge in [-0.2, -0.15) is 5.10 Å². The zero-order valence-electron chi connectivity index (χ0n) is 11.9. The number of non-ortho nitro benzene ring substituents is 1. The van der Waals surface area contributed by atoms with Crippen molar-refractivity contribution in [3.63, 3.8) is 0 Å². The van der Waals surface area contributed by atoms with Gasteiger partial charge < -0.3 is 10.5 Å². The summed E-state index contributed by atoms with van der Waals surface area (Å²) in [5.41, 5.74) is 7.52. The van der Waals surface area contributed by atoms with Crippen LogP contribution in [0.1, 0.15) is 5.56 Å². The molecule has 7 nitrogen and oxygen atoms in total. The van der Waals surface area contributed by atoms with Crippen LogP contribution >= 0.6 is 0 Å². The number of anilines is 1. The van der Waals surface area contributed by atoms with Crippen LogP contribution in [0.4, 0.5) is 11.5 Å². The molecule has 22 heavy (non-hydrogen) atoms. The van der Waals surface area contributed by atoms with Crippen molar-refractivity contribution in [2.24, 2.45) is 0 Å². The van der Waals surface area contributed by atoms with Crippen LogP contribution in [0.25, 0.3) is 10.9 Å². The van der Waals surface area contributed by atoms with Crippen molar-refractivity contribution in [1.82, 2.24) is 9.78 Å². The normalized spacial score (nSPS) is 10.8. The number of nitrogens with zero attached hydrogens (tertiary/aromatic N) is 3. The summed E-state index contributed by atoms with van der Waals surface area (Å²) in [7, 11) is 1.60. The third-order valence-corrected chi connectivity index (χ3v) is 3.49. The second kappa shape index (κ2) is 5.36. The summed E-state index contributed by atoms with van der Waals surface area (Å²) in [5.74, 6) is 1.21. The van der Waals surface area contributed by atoms with Gasteiger partial charge in [0.1, 0.15) is 17.1 Å². The second-order valence-electron chi connectivity index (χ2n) is 4.81. The molecule has 0 unspecified atom stereocenters. The minimum absolute atomic E-state index is 0.00515. The maximum absolute atomic E-state index is 10.8. The molecule has 0 atom stereocenters. The van der Waals surface area contributed by atoms with E-state index >= 15 is 0 Å². The van der Waals surface area contributed by atoms with Gasteiger partial charge in [0, 0.05) is 23.1 Å². The Balaban J connectivity index is 2.04. The summed E-state index contributed by atoms with van der Waals surface area (Å²) < 4.78 is 6.93. The molecule has 0 bridgehead atoms. The van der Waals surface area contributed by atoms with Crippen LogP contribution in [0.3, 0.4) is 0 Å². The Morgan fingerprint density at radius 3 is 2.82 bits per heavy atom. The molecule has 0 saturated heterocycles. The standard InChI is InChI=1S/C15H14N4O3/c1-22-14-5-3-2-4-10(14)9-18-15(16)12-7-6-11(19(20)21)8-13(12)17-18/h2-8H,9,16H2,1H3. The highest BCUT2D eigenvalue weighted by molar-refractivity contribution is 5.90. The van der Waals surface area contributed by atoms with Crippen molar-refractivity contribution in [3.8, 4) is 5.75 Å². The molecule has 0 aliphatic rings. The van der Waals surface area contributed by atoms with Gasteiger partial charge >= 0.3 is 0 Å². The SMILES string of the molecule is COc1ccccc1Cn1nc2cc([N+](=O)[O-])ccc2c1N. The van der Waals surface area contributed by atoms with E-state index in [0.29, 0.717) is 23.3 Å². The van der Waals surface area contributed by atoms with Crippen LogP contribution in [-0.2, 0) is 6.54 Å². The summed E-state index contributed by atoms with van der Waals surface area (Å²) >= 11 is 0. The van der Waals surface area contributed by atoms with E-state index in [2.05, 4.69) is 5.10 Å². The third kappa shape index (κ3) is 2.32. The first-order valence-corrected chi connectivity index (χ1v) is 6.62. The number of ether oxygens (including phenoxy) is 1. The molecule has 0 radical (unpaired) electrons. The lowest BCUT2D eigenvalue weighted by atomic mass is 10.2. The Morgan fingerprint density at radius 1 is 1.32 bits per heavy atom. The van der Waals surface area contributed by atoms with Gasteiger partial charge in [-0.3, -0.25) is 10.1 Å².